The van der Waals surface area contributed by atoms with E-state index in [-0.39, 0.29) is 63.4 Å². The van der Waals surface area contributed by atoms with Crippen molar-refractivity contribution in [2.45, 2.75) is 107 Å². The van der Waals surface area contributed by atoms with Gasteiger partial charge in [-0.1, -0.05) is 27.7 Å². The number of benzene rings is 3. The molecular formula is C43H54IrNO2Se-. The van der Waals surface area contributed by atoms with Crippen molar-refractivity contribution in [3.8, 4) is 11.3 Å². The van der Waals surface area contributed by atoms with Crippen LogP contribution in [-0.2, 0) is 36.7 Å². The normalized spacial score (nSPS) is 12.2. The van der Waals surface area contributed by atoms with Gasteiger partial charge in [0, 0.05) is 38.0 Å². The first-order valence-corrected chi connectivity index (χ1v) is 19.3. The Kier molecular flexibility index (Phi) is 14.5. The maximum atomic E-state index is 11.7. The van der Waals surface area contributed by atoms with Gasteiger partial charge in [-0.2, -0.15) is 0 Å². The molecule has 1 radical (unpaired) electrons. The minimum absolute atomic E-state index is 0. The average molecular weight is 888 g/mol. The number of ketones is 1. The van der Waals surface area contributed by atoms with E-state index in [1.165, 1.54) is 52.8 Å². The number of allylic oxidation sites excluding steroid dienone is 2. The molecule has 0 aliphatic rings. The zero-order valence-corrected chi connectivity index (χ0v) is 34.7. The van der Waals surface area contributed by atoms with E-state index in [2.05, 4.69) is 96.1 Å². The van der Waals surface area contributed by atoms with Gasteiger partial charge < -0.3 is 5.11 Å². The first-order valence-electron chi connectivity index (χ1n) is 17.5. The summed E-state index contributed by atoms with van der Waals surface area (Å²) < 4.78 is 2.95. The monoisotopic (exact) mass is 889 g/mol. The second-order valence-electron chi connectivity index (χ2n) is 14.4. The summed E-state index contributed by atoms with van der Waals surface area (Å²) in [6.45, 7) is 21.9. The van der Waals surface area contributed by atoms with Crippen molar-refractivity contribution in [3.63, 3.8) is 0 Å². The van der Waals surface area contributed by atoms with Crippen molar-refractivity contribution in [2.75, 3.05) is 0 Å². The van der Waals surface area contributed by atoms with Crippen molar-refractivity contribution in [1.29, 1.82) is 0 Å². The van der Waals surface area contributed by atoms with Crippen molar-refractivity contribution < 1.29 is 30.0 Å². The van der Waals surface area contributed by atoms with E-state index in [0.717, 1.165) is 43.4 Å². The number of aromatic nitrogens is 1. The van der Waals surface area contributed by atoms with Gasteiger partial charge in [-0.15, -0.1) is 0 Å². The quantitative estimate of drug-likeness (QED) is 0.0658. The van der Waals surface area contributed by atoms with E-state index in [4.69, 9.17) is 4.98 Å². The molecule has 2 heterocycles. The smallest absolute Gasteiger partial charge is 0 e. The number of hydrogen-bond acceptors (Lipinski definition) is 3. The number of aryl methyl sites for hydroxylation is 1. The molecule has 3 nitrogen and oxygen atoms in total. The van der Waals surface area contributed by atoms with Crippen molar-refractivity contribution in [3.05, 3.63) is 89.3 Å². The molecule has 2 aromatic heterocycles. The Morgan fingerprint density at radius 3 is 2.12 bits per heavy atom. The number of carbonyl (C=O) groups is 1. The van der Waals surface area contributed by atoms with Gasteiger partial charge in [-0.05, 0) is 25.7 Å². The van der Waals surface area contributed by atoms with Crippen molar-refractivity contribution in [1.82, 2.24) is 4.98 Å². The maximum Gasteiger partial charge on any atom is 0 e. The van der Waals surface area contributed by atoms with Crippen LogP contribution in [-0.4, -0.2) is 30.4 Å². The molecule has 0 amide bonds. The molecule has 0 spiro atoms. The molecular weight excluding hydrogens is 834 g/mol. The average Bonchev–Trinajstić information content (AvgIpc) is 3.42. The Balaban J connectivity index is 0.000000334. The van der Waals surface area contributed by atoms with E-state index >= 15 is 0 Å². The second kappa shape index (κ2) is 17.4. The van der Waals surface area contributed by atoms with Crippen molar-refractivity contribution in [2.24, 2.45) is 17.8 Å². The van der Waals surface area contributed by atoms with E-state index < -0.39 is 0 Å². The summed E-state index contributed by atoms with van der Waals surface area (Å²) in [7, 11) is 0. The van der Waals surface area contributed by atoms with E-state index in [1.54, 1.807) is 0 Å². The molecule has 0 unspecified atom stereocenters. The van der Waals surface area contributed by atoms with Gasteiger partial charge in [-0.25, -0.2) is 0 Å². The third-order valence-electron chi connectivity index (χ3n) is 9.47. The summed E-state index contributed by atoms with van der Waals surface area (Å²) >= 11 is 0.257. The number of aliphatic hydroxyl groups is 1. The SMILES string of the molecule is CCC(CC)C(=O)/C=C(\O)C(CC)CC.Cc1c(CC(C)C)ccc2c1[se]c1c(-c3[c-]c4ccccc4c(C(C)(C)C)c3)nccc12.[Ir]. The molecule has 1 N–H and O–H groups in total. The predicted molar refractivity (Wildman–Crippen MR) is 204 cm³/mol. The molecule has 5 rings (SSSR count). The zero-order chi connectivity index (χ0) is 34.5. The van der Waals surface area contributed by atoms with Crippen LogP contribution in [0.4, 0.5) is 0 Å². The van der Waals surface area contributed by atoms with Gasteiger partial charge in [0.15, 0.2) is 5.78 Å². The number of pyridine rings is 1. The van der Waals surface area contributed by atoms with Gasteiger partial charge in [0.25, 0.3) is 0 Å². The molecule has 48 heavy (non-hydrogen) atoms. The molecule has 5 aromatic rings. The summed E-state index contributed by atoms with van der Waals surface area (Å²) in [6, 6.07) is 21.6. The summed E-state index contributed by atoms with van der Waals surface area (Å²) in [5.74, 6) is 1.22. The van der Waals surface area contributed by atoms with Gasteiger partial charge >= 0.3 is 198 Å². The Morgan fingerprint density at radius 2 is 1.52 bits per heavy atom. The van der Waals surface area contributed by atoms with Crippen LogP contribution in [0, 0.1) is 30.7 Å². The number of carbonyl (C=O) groups excluding carboxylic acids is 1. The Morgan fingerprint density at radius 1 is 0.896 bits per heavy atom. The number of fused-ring (bicyclic) bond motifs is 4. The van der Waals surface area contributed by atoms with Gasteiger partial charge in [0.05, 0.1) is 5.76 Å². The van der Waals surface area contributed by atoms with Gasteiger partial charge in [0.1, 0.15) is 0 Å². The third-order valence-corrected chi connectivity index (χ3v) is 12.3. The van der Waals surface area contributed by atoms with Crippen LogP contribution in [0.1, 0.15) is 105 Å². The second-order valence-corrected chi connectivity index (χ2v) is 16.5. The topological polar surface area (TPSA) is 50.2 Å². The van der Waals surface area contributed by atoms with E-state index in [1.807, 2.05) is 33.9 Å². The Hall–Kier alpha value is -2.55. The molecule has 0 aliphatic heterocycles. The maximum absolute atomic E-state index is 11.7. The molecule has 0 atom stereocenters. The molecule has 0 bridgehead atoms. The van der Waals surface area contributed by atoms with E-state index in [9.17, 15) is 9.90 Å². The minimum atomic E-state index is 0. The van der Waals surface area contributed by atoms with Crippen LogP contribution in [0.25, 0.3) is 41.3 Å². The predicted octanol–water partition coefficient (Wildman–Crippen LogP) is 11.7. The van der Waals surface area contributed by atoms with E-state index in [0.29, 0.717) is 5.92 Å². The number of rotatable bonds is 10. The molecule has 3 aromatic carbocycles. The summed E-state index contributed by atoms with van der Waals surface area (Å²) in [5, 5.41) is 15.0. The van der Waals surface area contributed by atoms with Crippen molar-refractivity contribution >= 4 is 50.4 Å². The van der Waals surface area contributed by atoms with Crippen LogP contribution in [0.3, 0.4) is 0 Å². The standard InChI is InChI=1S/C30H30NSe.C13H24O2.Ir/c1-18(2)15-20-11-12-24-25-13-14-31-27(29(25)32-28(24)19(20)3)22-16-21-9-7-8-10-23(21)26(17-22)30(4,5)6;1-5-10(6-2)12(14)9-13(15)11(7-3)8-4;/h7-14,17-18H,15H2,1-6H3;9-11,14H,5-8H2,1-4H3;/q-1;;/b;12-9-;. The fourth-order valence-electron chi connectivity index (χ4n) is 6.55. The van der Waals surface area contributed by atoms with Gasteiger partial charge in [0.2, 0.25) is 0 Å². The van der Waals surface area contributed by atoms with Gasteiger partial charge in [-0.3, -0.25) is 4.79 Å². The van der Waals surface area contributed by atoms with Crippen LogP contribution in [0.15, 0.2) is 66.6 Å². The first kappa shape index (κ1) is 39.9. The summed E-state index contributed by atoms with van der Waals surface area (Å²) in [4.78, 5) is 16.6. The van der Waals surface area contributed by atoms with Crippen LogP contribution in [0.5, 0.6) is 0 Å². The first-order chi connectivity index (χ1) is 22.3. The Bertz CT molecular complexity index is 1870. The molecule has 259 valence electrons. The molecule has 5 heteroatoms. The summed E-state index contributed by atoms with van der Waals surface area (Å²) in [5.41, 5.74) is 6.63. The Labute approximate surface area is 308 Å². The fourth-order valence-corrected chi connectivity index (χ4v) is 9.33. The number of aliphatic hydroxyl groups excluding tert-OH is 1. The van der Waals surface area contributed by atoms with Crippen LogP contribution in [0.2, 0.25) is 0 Å². The van der Waals surface area contributed by atoms with Crippen LogP contribution >= 0.6 is 0 Å². The number of nitrogens with zero attached hydrogens (tertiary/aromatic N) is 1. The third kappa shape index (κ3) is 8.97. The minimum Gasteiger partial charge on any atom is 0 e. The largest absolute Gasteiger partial charge is 0 e. The van der Waals surface area contributed by atoms with Crippen LogP contribution < -0.4 is 0 Å². The molecule has 0 saturated carbocycles. The molecule has 0 fully saturated rings. The summed E-state index contributed by atoms with van der Waals surface area (Å²) in [6.07, 6.45) is 8.03. The zero-order valence-electron chi connectivity index (χ0n) is 30.6. The fraction of sp³-hybridized carbons (Fsp3) is 0.442. The number of hydrogen-bond donors (Lipinski definition) is 1. The molecule has 0 aliphatic carbocycles. The molecule has 0 saturated heterocycles.